The topological polar surface area (TPSA) is 0 Å². The summed E-state index contributed by atoms with van der Waals surface area (Å²) in [5, 5.41) is 0. The van der Waals surface area contributed by atoms with E-state index in [1.807, 2.05) is 0 Å². The second kappa shape index (κ2) is 2.40. The van der Waals surface area contributed by atoms with Crippen LogP contribution in [0.5, 0.6) is 0 Å². The quantitative estimate of drug-likeness (QED) is 0.533. The van der Waals surface area contributed by atoms with Crippen molar-refractivity contribution >= 4 is 24.7 Å². The van der Waals surface area contributed by atoms with Gasteiger partial charge in [-0.2, -0.15) is 0 Å². The third kappa shape index (κ3) is 1.55. The molecule has 0 bridgehead atoms. The second-order valence-corrected chi connectivity index (χ2v) is 3.61. The first kappa shape index (κ1) is 5.22. The summed E-state index contributed by atoms with van der Waals surface area (Å²) in [7, 11) is 0. The predicted molar refractivity (Wildman–Crippen MR) is 43.0 cm³/mol. The number of hydrogen-bond donors (Lipinski definition) is 0. The Hall–Kier alpha value is 0.0800. The predicted octanol–water partition coefficient (Wildman–Crippen LogP) is 2.23. The van der Waals surface area contributed by atoms with E-state index in [0.29, 0.717) is 20.7 Å². The van der Waals surface area contributed by atoms with Crippen LogP contribution in [-0.2, 0) is 0 Å². The van der Waals surface area contributed by atoms with Gasteiger partial charge in [-0.25, -0.2) is 0 Å². The third-order valence-corrected chi connectivity index (χ3v) is 2.35. The highest BCUT2D eigenvalue weighted by Gasteiger charge is 1.79. The van der Waals surface area contributed by atoms with E-state index in [9.17, 15) is 0 Å². The maximum absolute atomic E-state index is 2.27. The molecule has 0 aromatic carbocycles. The molecular formula is C6H7I. The summed E-state index contributed by atoms with van der Waals surface area (Å²) < 4.78 is 4.54. The highest BCUT2D eigenvalue weighted by atomic mass is 127. The molecule has 1 rings (SSSR count). The smallest absolute Gasteiger partial charge is 0.0284 e. The molecule has 0 radical (unpaired) electrons. The monoisotopic (exact) mass is 206 g/mol. The van der Waals surface area contributed by atoms with Gasteiger partial charge >= 0.3 is 0 Å². The Bertz CT molecular complexity index is 140. The zero-order chi connectivity index (χ0) is 5.11. The van der Waals surface area contributed by atoms with E-state index in [4.69, 9.17) is 0 Å². The molecule has 0 saturated heterocycles. The van der Waals surface area contributed by atoms with E-state index in [0.717, 1.165) is 0 Å². The van der Waals surface area contributed by atoms with Gasteiger partial charge in [-0.15, -0.1) is 0 Å². The van der Waals surface area contributed by atoms with Gasteiger partial charge in [-0.1, -0.05) is 38.5 Å². The van der Waals surface area contributed by atoms with E-state index >= 15 is 0 Å². The fourth-order valence-electron chi connectivity index (χ4n) is 0.369. The first-order valence-electron chi connectivity index (χ1n) is 2.18. The first-order valence-corrected chi connectivity index (χ1v) is 4.67. The molecule has 0 aliphatic carbocycles. The molecule has 0 nitrogen and oxygen atoms in total. The van der Waals surface area contributed by atoms with Crippen LogP contribution in [0.3, 0.4) is 0 Å². The fourth-order valence-corrected chi connectivity index (χ4v) is 2.16. The molecule has 38 valence electrons. The number of rotatable bonds is 0. The number of allylic oxidation sites excluding steroid dienone is 3. The van der Waals surface area contributed by atoms with Crippen LogP contribution >= 0.6 is 20.7 Å². The molecule has 0 fully saturated rings. The Morgan fingerprint density at radius 2 is 2.43 bits per heavy atom. The second-order valence-electron chi connectivity index (χ2n) is 1.46. The maximum Gasteiger partial charge on any atom is -0.0284 e. The van der Waals surface area contributed by atoms with Crippen LogP contribution < -0.4 is 0 Å². The molecule has 0 N–H and O–H groups in total. The zero-order valence-electron chi connectivity index (χ0n) is 4.19. The van der Waals surface area contributed by atoms with E-state index in [-0.39, 0.29) is 0 Å². The minimum absolute atomic E-state index is 0.306. The Balaban J connectivity index is 2.82. The number of hydrogen-bond acceptors (Lipinski definition) is 0. The summed E-state index contributed by atoms with van der Waals surface area (Å²) in [6.07, 6.45) is 4.38. The summed E-state index contributed by atoms with van der Waals surface area (Å²) >= 11 is 0.306. The van der Waals surface area contributed by atoms with Crippen molar-refractivity contribution in [2.24, 2.45) is 0 Å². The van der Waals surface area contributed by atoms with Crippen molar-refractivity contribution in [3.8, 4) is 0 Å². The van der Waals surface area contributed by atoms with Crippen molar-refractivity contribution in [3.63, 3.8) is 0 Å². The SMILES string of the molecule is CC1=CC=IC=C1. The van der Waals surface area contributed by atoms with Crippen molar-refractivity contribution in [2.75, 3.05) is 0 Å². The van der Waals surface area contributed by atoms with E-state index < -0.39 is 0 Å². The van der Waals surface area contributed by atoms with Crippen LogP contribution in [0.1, 0.15) is 6.92 Å². The van der Waals surface area contributed by atoms with Gasteiger partial charge in [-0.05, 0) is 15.0 Å². The van der Waals surface area contributed by atoms with E-state index in [2.05, 4.69) is 27.2 Å². The molecule has 1 heterocycles. The van der Waals surface area contributed by atoms with Gasteiger partial charge in [0.05, 0.1) is 0 Å². The molecule has 1 aliphatic heterocycles. The lowest BCUT2D eigenvalue weighted by molar-refractivity contribution is 1.56. The molecule has 0 aromatic rings. The van der Waals surface area contributed by atoms with E-state index in [1.54, 1.807) is 0 Å². The average molecular weight is 206 g/mol. The molecule has 1 heteroatoms. The lowest BCUT2D eigenvalue weighted by Gasteiger charge is -1.88. The Morgan fingerprint density at radius 1 is 1.57 bits per heavy atom. The third-order valence-electron chi connectivity index (χ3n) is 0.797. The molecule has 0 amide bonds. The van der Waals surface area contributed by atoms with Crippen molar-refractivity contribution in [2.45, 2.75) is 6.92 Å². The summed E-state index contributed by atoms with van der Waals surface area (Å²) in [4.78, 5) is 0. The standard InChI is InChI=1S/C6H7I/c1-6-2-4-7-5-3-6/h2-5H,1H3. The molecule has 0 atom stereocenters. The van der Waals surface area contributed by atoms with Gasteiger partial charge in [0.15, 0.2) is 0 Å². The molecule has 0 spiro atoms. The lowest BCUT2D eigenvalue weighted by atomic mass is 10.3. The van der Waals surface area contributed by atoms with Crippen LogP contribution in [0.25, 0.3) is 0 Å². The average Bonchev–Trinajstić information content (AvgIpc) is 1.69. The van der Waals surface area contributed by atoms with Crippen LogP contribution in [-0.4, -0.2) is 4.01 Å². The molecule has 0 aromatic heterocycles. The van der Waals surface area contributed by atoms with Crippen molar-refractivity contribution in [3.05, 3.63) is 21.8 Å². The zero-order valence-corrected chi connectivity index (χ0v) is 6.34. The van der Waals surface area contributed by atoms with Gasteiger partial charge < -0.3 is 0 Å². The minimum Gasteiger partial charge on any atom is -0.0937 e. The summed E-state index contributed by atoms with van der Waals surface area (Å²) in [6, 6.07) is 0. The van der Waals surface area contributed by atoms with Crippen molar-refractivity contribution < 1.29 is 0 Å². The first-order chi connectivity index (χ1) is 3.39. The summed E-state index contributed by atoms with van der Waals surface area (Å²) in [5.41, 5.74) is 1.38. The highest BCUT2D eigenvalue weighted by molar-refractivity contribution is 14.2. The number of halogens is 1. The molecule has 0 saturated carbocycles. The van der Waals surface area contributed by atoms with Crippen molar-refractivity contribution in [1.82, 2.24) is 0 Å². The van der Waals surface area contributed by atoms with Crippen LogP contribution in [0, 0.1) is 0 Å². The molecule has 1 aliphatic rings. The highest BCUT2D eigenvalue weighted by Crippen LogP contribution is 2.07. The van der Waals surface area contributed by atoms with Gasteiger partial charge in [0.1, 0.15) is 0 Å². The minimum atomic E-state index is 0.306. The van der Waals surface area contributed by atoms with Crippen LogP contribution in [0.4, 0.5) is 0 Å². The van der Waals surface area contributed by atoms with Crippen LogP contribution in [0.15, 0.2) is 21.8 Å². The Kier molecular flexibility index (Phi) is 1.79. The molecule has 7 heavy (non-hydrogen) atoms. The van der Waals surface area contributed by atoms with Crippen LogP contribution in [0.2, 0.25) is 0 Å². The Labute approximate surface area is 53.7 Å². The maximum atomic E-state index is 2.27. The summed E-state index contributed by atoms with van der Waals surface area (Å²) in [6.45, 7) is 2.12. The molecular weight excluding hydrogens is 199 g/mol. The largest absolute Gasteiger partial charge is 0.0937 e. The van der Waals surface area contributed by atoms with Gasteiger partial charge in [0.2, 0.25) is 0 Å². The Morgan fingerprint density at radius 3 is 2.71 bits per heavy atom. The van der Waals surface area contributed by atoms with Crippen molar-refractivity contribution in [1.29, 1.82) is 0 Å². The fraction of sp³-hybridized carbons (Fsp3) is 0.167. The lowest BCUT2D eigenvalue weighted by Crippen LogP contribution is -1.69. The summed E-state index contributed by atoms with van der Waals surface area (Å²) in [5.74, 6) is 0. The van der Waals surface area contributed by atoms with Gasteiger partial charge in [0.25, 0.3) is 0 Å². The van der Waals surface area contributed by atoms with E-state index in [1.165, 1.54) is 5.57 Å². The molecule has 0 unspecified atom stereocenters. The van der Waals surface area contributed by atoms with Gasteiger partial charge in [0, 0.05) is 0 Å². The van der Waals surface area contributed by atoms with Gasteiger partial charge in [-0.3, -0.25) is 0 Å². The normalized spacial score (nSPS) is 18.1.